The molecule has 1 saturated heterocycles. The van der Waals surface area contributed by atoms with Gasteiger partial charge < -0.3 is 14.6 Å². The summed E-state index contributed by atoms with van der Waals surface area (Å²) >= 11 is 3.10. The van der Waals surface area contributed by atoms with Crippen molar-refractivity contribution in [2.75, 3.05) is 19.0 Å². The van der Waals surface area contributed by atoms with Crippen LogP contribution in [0.4, 0.5) is 0 Å². The van der Waals surface area contributed by atoms with Crippen LogP contribution in [0.5, 0.6) is 0 Å². The highest BCUT2D eigenvalue weighted by atomic mass is 32.2. The highest BCUT2D eigenvalue weighted by Crippen LogP contribution is 2.28. The second-order valence-corrected chi connectivity index (χ2v) is 9.23. The number of aryl methyl sites for hydroxylation is 2. The van der Waals surface area contributed by atoms with E-state index in [1.54, 1.807) is 11.3 Å². The van der Waals surface area contributed by atoms with Gasteiger partial charge in [-0.2, -0.15) is 0 Å². The lowest BCUT2D eigenvalue weighted by Crippen LogP contribution is -2.36. The first-order chi connectivity index (χ1) is 13.2. The first kappa shape index (κ1) is 18.9. The molecule has 0 aliphatic carbocycles. The minimum absolute atomic E-state index is 0.0835. The van der Waals surface area contributed by atoms with Gasteiger partial charge in [0, 0.05) is 49.2 Å². The molecule has 0 radical (unpaired) electrons. The predicted octanol–water partition coefficient (Wildman–Crippen LogP) is 2.55. The molecule has 1 unspecified atom stereocenters. The maximum Gasteiger partial charge on any atom is 0.230 e. The fourth-order valence-electron chi connectivity index (χ4n) is 3.71. The molecule has 2 aromatic rings. The van der Waals surface area contributed by atoms with E-state index in [9.17, 15) is 4.79 Å². The summed E-state index contributed by atoms with van der Waals surface area (Å²) in [6, 6.07) is 0.195. The summed E-state index contributed by atoms with van der Waals surface area (Å²) in [7, 11) is 0. The molecular weight excluding hydrogens is 382 g/mol. The number of thioether (sulfide) groups is 1. The number of rotatable bonds is 5. The summed E-state index contributed by atoms with van der Waals surface area (Å²) in [5, 5.41) is 14.1. The molecule has 2 aromatic heterocycles. The lowest BCUT2D eigenvalue weighted by atomic mass is 9.99. The summed E-state index contributed by atoms with van der Waals surface area (Å²) < 4.78 is 8.71. The largest absolute Gasteiger partial charge is 0.381 e. The molecule has 1 fully saturated rings. The van der Waals surface area contributed by atoms with Crippen LogP contribution in [0.2, 0.25) is 0 Å². The number of hydrogen-bond donors (Lipinski definition) is 1. The summed E-state index contributed by atoms with van der Waals surface area (Å²) in [6.45, 7) is 4.46. The zero-order chi connectivity index (χ0) is 18.6. The molecule has 1 N–H and O–H groups in total. The van der Waals surface area contributed by atoms with Crippen LogP contribution >= 0.6 is 23.1 Å². The van der Waals surface area contributed by atoms with Gasteiger partial charge in [-0.05, 0) is 32.6 Å². The summed E-state index contributed by atoms with van der Waals surface area (Å²) in [6.07, 6.45) is 4.74. The maximum absolute atomic E-state index is 12.3. The molecule has 0 bridgehead atoms. The Morgan fingerprint density at radius 1 is 1.33 bits per heavy atom. The van der Waals surface area contributed by atoms with E-state index in [1.807, 2.05) is 12.3 Å². The van der Waals surface area contributed by atoms with Crippen LogP contribution < -0.4 is 5.32 Å². The number of nitrogens with zero attached hydrogens (tertiary/aromatic N) is 4. The van der Waals surface area contributed by atoms with E-state index in [4.69, 9.17) is 4.74 Å². The number of fused-ring (bicyclic) bond motifs is 1. The van der Waals surface area contributed by atoms with Gasteiger partial charge in [0.15, 0.2) is 4.34 Å². The van der Waals surface area contributed by atoms with Crippen molar-refractivity contribution in [2.24, 2.45) is 0 Å². The van der Waals surface area contributed by atoms with Gasteiger partial charge >= 0.3 is 0 Å². The van der Waals surface area contributed by atoms with Crippen molar-refractivity contribution in [2.45, 2.75) is 61.9 Å². The van der Waals surface area contributed by atoms with Gasteiger partial charge in [0.2, 0.25) is 5.91 Å². The molecule has 4 heterocycles. The van der Waals surface area contributed by atoms with Crippen molar-refractivity contribution in [3.05, 3.63) is 22.7 Å². The fraction of sp³-hybridized carbons (Fsp3) is 0.667. The molecule has 0 aromatic carbocycles. The smallest absolute Gasteiger partial charge is 0.230 e. The van der Waals surface area contributed by atoms with E-state index in [0.717, 1.165) is 73.5 Å². The summed E-state index contributed by atoms with van der Waals surface area (Å²) in [5.41, 5.74) is 1.01. The Morgan fingerprint density at radius 2 is 2.19 bits per heavy atom. The molecule has 27 heavy (non-hydrogen) atoms. The van der Waals surface area contributed by atoms with Gasteiger partial charge in [0.05, 0.1) is 5.75 Å². The Labute approximate surface area is 167 Å². The van der Waals surface area contributed by atoms with Gasteiger partial charge in [-0.15, -0.1) is 21.5 Å². The Morgan fingerprint density at radius 3 is 2.96 bits per heavy atom. The van der Waals surface area contributed by atoms with E-state index < -0.39 is 0 Å². The van der Waals surface area contributed by atoms with Crippen molar-refractivity contribution in [3.8, 4) is 0 Å². The highest BCUT2D eigenvalue weighted by Gasteiger charge is 2.26. The maximum atomic E-state index is 12.3. The molecule has 7 nitrogen and oxygen atoms in total. The topological polar surface area (TPSA) is 81.9 Å². The first-order valence-electron chi connectivity index (χ1n) is 9.53. The molecule has 9 heteroatoms. The normalized spacial score (nSPS) is 20.9. The van der Waals surface area contributed by atoms with Crippen LogP contribution in [-0.4, -0.2) is 50.7 Å². The number of hydrogen-bond acceptors (Lipinski definition) is 7. The molecule has 1 atom stereocenters. The van der Waals surface area contributed by atoms with E-state index in [2.05, 4.69) is 25.1 Å². The summed E-state index contributed by atoms with van der Waals surface area (Å²) in [5.74, 6) is 3.11. The van der Waals surface area contributed by atoms with Crippen LogP contribution in [0.15, 0.2) is 9.72 Å². The number of aromatic nitrogens is 4. The predicted molar refractivity (Wildman–Crippen MR) is 105 cm³/mol. The third-order valence-electron chi connectivity index (χ3n) is 5.15. The molecule has 0 saturated carbocycles. The van der Waals surface area contributed by atoms with E-state index in [1.165, 1.54) is 11.8 Å². The van der Waals surface area contributed by atoms with Crippen LogP contribution in [-0.2, 0) is 22.5 Å². The average Bonchev–Trinajstić information content (AvgIpc) is 3.23. The fourth-order valence-corrected chi connectivity index (χ4v) is 5.37. The van der Waals surface area contributed by atoms with Gasteiger partial charge in [-0.3, -0.25) is 4.79 Å². The standard InChI is InChI=1S/C18H25N5O2S2/c1-12-10-26-18(19-12)27-11-16(24)20-14-2-3-15-21-22-17(23(15)7-4-14)13-5-8-25-9-6-13/h10,13-14H,2-9,11H2,1H3,(H,20,24). The van der Waals surface area contributed by atoms with Crippen molar-refractivity contribution >= 4 is 29.0 Å². The Bertz CT molecular complexity index is 785. The van der Waals surface area contributed by atoms with Gasteiger partial charge in [0.1, 0.15) is 11.6 Å². The number of thiazole rings is 1. The Kier molecular flexibility index (Phi) is 6.09. The number of carbonyl (C=O) groups excluding carboxylic acids is 1. The van der Waals surface area contributed by atoms with Gasteiger partial charge in [-0.25, -0.2) is 4.98 Å². The number of nitrogens with one attached hydrogen (secondary N) is 1. The number of carbonyl (C=O) groups is 1. The molecule has 146 valence electrons. The molecule has 1 amide bonds. The molecule has 0 spiro atoms. The zero-order valence-corrected chi connectivity index (χ0v) is 17.2. The van der Waals surface area contributed by atoms with Crippen LogP contribution in [0.3, 0.4) is 0 Å². The minimum atomic E-state index is 0.0835. The van der Waals surface area contributed by atoms with Crippen LogP contribution in [0, 0.1) is 6.92 Å². The Hall–Kier alpha value is -1.45. The van der Waals surface area contributed by atoms with Crippen molar-refractivity contribution in [1.82, 2.24) is 25.1 Å². The van der Waals surface area contributed by atoms with Crippen molar-refractivity contribution in [1.29, 1.82) is 0 Å². The molecule has 4 rings (SSSR count). The molecule has 2 aliphatic heterocycles. The van der Waals surface area contributed by atoms with Crippen molar-refractivity contribution in [3.63, 3.8) is 0 Å². The highest BCUT2D eigenvalue weighted by molar-refractivity contribution is 8.01. The monoisotopic (exact) mass is 407 g/mol. The average molecular weight is 408 g/mol. The lowest BCUT2D eigenvalue weighted by molar-refractivity contribution is -0.119. The van der Waals surface area contributed by atoms with Crippen LogP contribution in [0.25, 0.3) is 0 Å². The molecule has 2 aliphatic rings. The second-order valence-electron chi connectivity index (χ2n) is 7.15. The second kappa shape index (κ2) is 8.70. The first-order valence-corrected chi connectivity index (χ1v) is 11.4. The molecular formula is C18H25N5O2S2. The SMILES string of the molecule is Cc1csc(SCC(=O)NC2CCc3nnc(C4CCOCC4)n3CC2)n1. The number of ether oxygens (including phenoxy) is 1. The third kappa shape index (κ3) is 4.70. The summed E-state index contributed by atoms with van der Waals surface area (Å²) in [4.78, 5) is 16.7. The van der Waals surface area contributed by atoms with E-state index >= 15 is 0 Å². The lowest BCUT2D eigenvalue weighted by Gasteiger charge is -2.22. The van der Waals surface area contributed by atoms with Gasteiger partial charge in [0.25, 0.3) is 0 Å². The third-order valence-corrected chi connectivity index (χ3v) is 7.29. The minimum Gasteiger partial charge on any atom is -0.381 e. The zero-order valence-electron chi connectivity index (χ0n) is 15.5. The van der Waals surface area contributed by atoms with E-state index in [0.29, 0.717) is 11.7 Å². The van der Waals surface area contributed by atoms with Crippen molar-refractivity contribution < 1.29 is 9.53 Å². The van der Waals surface area contributed by atoms with E-state index in [-0.39, 0.29) is 11.9 Å². The quantitative estimate of drug-likeness (QED) is 0.767. The number of amides is 1. The Balaban J connectivity index is 1.30. The van der Waals surface area contributed by atoms with Crippen LogP contribution in [0.1, 0.15) is 48.9 Å². The van der Waals surface area contributed by atoms with Gasteiger partial charge in [-0.1, -0.05) is 11.8 Å².